The highest BCUT2D eigenvalue weighted by Crippen LogP contribution is 2.07. The molecule has 0 fully saturated rings. The Bertz CT molecular complexity index is 349. The third-order valence-electron chi connectivity index (χ3n) is 1.38. The number of hydrogen-bond acceptors (Lipinski definition) is 6. The van der Waals surface area contributed by atoms with Gasteiger partial charge < -0.3 is 5.11 Å². The molecule has 0 unspecified atom stereocenters. The van der Waals surface area contributed by atoms with Crippen LogP contribution in [0.15, 0.2) is 4.63 Å². The molecule has 0 saturated heterocycles. The number of hydrogen-bond donors (Lipinski definition) is 1. The highest BCUT2D eigenvalue weighted by atomic mass is 32.2. The molecule has 0 radical (unpaired) electrons. The van der Waals surface area contributed by atoms with Crippen molar-refractivity contribution in [3.05, 3.63) is 11.4 Å². The molecule has 76 valence electrons. The number of carbonyl (C=O) groups is 2. The van der Waals surface area contributed by atoms with Gasteiger partial charge in [0.15, 0.2) is 11.5 Å². The summed E-state index contributed by atoms with van der Waals surface area (Å²) in [5.41, 5.74) is 0.591. The molecule has 1 rings (SSSR count). The van der Waals surface area contributed by atoms with E-state index in [0.717, 1.165) is 11.8 Å². The van der Waals surface area contributed by atoms with Gasteiger partial charge in [-0.15, -0.1) is 11.8 Å². The highest BCUT2D eigenvalue weighted by molar-refractivity contribution is 8.00. The average molecular weight is 216 g/mol. The summed E-state index contributed by atoms with van der Waals surface area (Å²) in [5, 5.41) is 15.2. The van der Waals surface area contributed by atoms with Crippen LogP contribution in [0.4, 0.5) is 0 Å². The molecule has 0 aliphatic carbocycles. The number of aromatic nitrogens is 2. The Hall–Kier alpha value is -1.37. The lowest BCUT2D eigenvalue weighted by Gasteiger charge is -1.94. The second-order valence-electron chi connectivity index (χ2n) is 2.51. The lowest BCUT2D eigenvalue weighted by molar-refractivity contribution is -0.133. The summed E-state index contributed by atoms with van der Waals surface area (Å²) in [7, 11) is 0. The number of carbonyl (C=O) groups excluding carboxylic acids is 1. The molecule has 0 aliphatic heterocycles. The third-order valence-corrected chi connectivity index (χ3v) is 2.29. The van der Waals surface area contributed by atoms with E-state index in [1.807, 2.05) is 0 Å². The summed E-state index contributed by atoms with van der Waals surface area (Å²) in [6.07, 6.45) is 0. The van der Waals surface area contributed by atoms with E-state index in [0.29, 0.717) is 5.69 Å². The van der Waals surface area contributed by atoms with E-state index in [-0.39, 0.29) is 23.0 Å². The van der Waals surface area contributed by atoms with Crippen molar-refractivity contribution >= 4 is 23.5 Å². The predicted molar refractivity (Wildman–Crippen MR) is 48.3 cm³/mol. The van der Waals surface area contributed by atoms with Crippen molar-refractivity contribution in [2.75, 3.05) is 11.5 Å². The van der Waals surface area contributed by atoms with E-state index in [4.69, 9.17) is 5.11 Å². The molecule has 0 saturated carbocycles. The molecule has 1 heterocycles. The first kappa shape index (κ1) is 10.7. The molecular weight excluding hydrogens is 208 g/mol. The zero-order chi connectivity index (χ0) is 10.6. The van der Waals surface area contributed by atoms with Gasteiger partial charge in [-0.1, -0.05) is 5.16 Å². The molecule has 1 N–H and O–H groups in total. The summed E-state index contributed by atoms with van der Waals surface area (Å²) in [6.45, 7) is 1.60. The lowest BCUT2D eigenvalue weighted by atomic mass is 10.3. The Morgan fingerprint density at radius 1 is 1.43 bits per heavy atom. The Balaban J connectivity index is 2.44. The zero-order valence-corrected chi connectivity index (χ0v) is 8.21. The standard InChI is InChI=1S/C7H8N2O4S/c1-4-7(9-13-8-4)5(10)2-14-3-6(11)12/h2-3H2,1H3,(H,11,12). The van der Waals surface area contributed by atoms with Gasteiger partial charge in [0.1, 0.15) is 5.69 Å². The predicted octanol–water partition coefficient (Wildman–Crippen LogP) is 0.379. The molecule has 14 heavy (non-hydrogen) atoms. The number of ketones is 1. The van der Waals surface area contributed by atoms with Crippen molar-refractivity contribution < 1.29 is 19.3 Å². The second-order valence-corrected chi connectivity index (χ2v) is 3.49. The van der Waals surface area contributed by atoms with Crippen LogP contribution in [0.1, 0.15) is 16.2 Å². The normalized spacial score (nSPS) is 10.1. The number of rotatable bonds is 5. The van der Waals surface area contributed by atoms with Gasteiger partial charge in [-0.2, -0.15) is 0 Å². The fourth-order valence-electron chi connectivity index (χ4n) is 0.784. The first-order valence-electron chi connectivity index (χ1n) is 3.73. The van der Waals surface area contributed by atoms with Crippen molar-refractivity contribution in [1.29, 1.82) is 0 Å². The van der Waals surface area contributed by atoms with Crippen molar-refractivity contribution in [3.63, 3.8) is 0 Å². The molecule has 1 aromatic heterocycles. The van der Waals surface area contributed by atoms with Crippen LogP contribution in [0.3, 0.4) is 0 Å². The van der Waals surface area contributed by atoms with Crippen molar-refractivity contribution in [2.24, 2.45) is 0 Å². The fraction of sp³-hybridized carbons (Fsp3) is 0.429. The second kappa shape index (κ2) is 4.75. The molecule has 0 atom stereocenters. The van der Waals surface area contributed by atoms with Gasteiger partial charge in [0.2, 0.25) is 0 Å². The first-order valence-corrected chi connectivity index (χ1v) is 4.88. The van der Waals surface area contributed by atoms with E-state index in [9.17, 15) is 9.59 Å². The minimum Gasteiger partial charge on any atom is -0.481 e. The minimum absolute atomic E-state index is 0.0708. The van der Waals surface area contributed by atoms with Crippen LogP contribution in [0.2, 0.25) is 0 Å². The number of aliphatic carboxylic acids is 1. The maximum atomic E-state index is 11.3. The molecule has 7 heteroatoms. The van der Waals surface area contributed by atoms with Gasteiger partial charge in [-0.25, -0.2) is 4.63 Å². The van der Waals surface area contributed by atoms with Crippen LogP contribution < -0.4 is 0 Å². The van der Waals surface area contributed by atoms with Gasteiger partial charge in [0.05, 0.1) is 11.5 Å². The van der Waals surface area contributed by atoms with Crippen LogP contribution in [0.5, 0.6) is 0 Å². The van der Waals surface area contributed by atoms with E-state index in [1.54, 1.807) is 6.92 Å². The molecule has 0 aromatic carbocycles. The van der Waals surface area contributed by atoms with Crippen LogP contribution in [-0.4, -0.2) is 38.7 Å². The zero-order valence-electron chi connectivity index (χ0n) is 7.39. The van der Waals surface area contributed by atoms with Crippen LogP contribution >= 0.6 is 11.8 Å². The molecule has 0 aliphatic rings. The number of aryl methyl sites for hydroxylation is 1. The minimum atomic E-state index is -0.946. The van der Waals surface area contributed by atoms with Crippen LogP contribution in [0.25, 0.3) is 0 Å². The number of thioether (sulfide) groups is 1. The summed E-state index contributed by atoms with van der Waals surface area (Å²) >= 11 is 1.02. The maximum absolute atomic E-state index is 11.3. The van der Waals surface area contributed by atoms with Gasteiger partial charge in [0.25, 0.3) is 0 Å². The monoisotopic (exact) mass is 216 g/mol. The number of Topliss-reactive ketones (excluding diaryl/α,β-unsaturated/α-hetero) is 1. The molecule has 1 aromatic rings. The lowest BCUT2D eigenvalue weighted by Crippen LogP contribution is -2.07. The smallest absolute Gasteiger partial charge is 0.313 e. The number of carboxylic acids is 1. The summed E-state index contributed by atoms with van der Waals surface area (Å²) in [4.78, 5) is 21.5. The fourth-order valence-corrected chi connectivity index (χ4v) is 1.38. The molecular formula is C7H8N2O4S. The Morgan fingerprint density at radius 3 is 2.64 bits per heavy atom. The maximum Gasteiger partial charge on any atom is 0.313 e. The largest absolute Gasteiger partial charge is 0.481 e. The van der Waals surface area contributed by atoms with Crippen molar-refractivity contribution in [3.8, 4) is 0 Å². The highest BCUT2D eigenvalue weighted by Gasteiger charge is 2.15. The van der Waals surface area contributed by atoms with E-state index in [1.165, 1.54) is 0 Å². The summed E-state index contributed by atoms with van der Waals surface area (Å²) < 4.78 is 4.35. The van der Waals surface area contributed by atoms with Crippen molar-refractivity contribution in [2.45, 2.75) is 6.92 Å². The van der Waals surface area contributed by atoms with Gasteiger partial charge in [-0.05, 0) is 12.1 Å². The van der Waals surface area contributed by atoms with Crippen LogP contribution in [-0.2, 0) is 4.79 Å². The summed E-state index contributed by atoms with van der Waals surface area (Å²) in [5.74, 6) is -1.25. The van der Waals surface area contributed by atoms with Gasteiger partial charge in [-0.3, -0.25) is 9.59 Å². The summed E-state index contributed by atoms with van der Waals surface area (Å²) in [6, 6.07) is 0. The molecule has 0 bridgehead atoms. The van der Waals surface area contributed by atoms with Crippen LogP contribution in [0, 0.1) is 6.92 Å². The van der Waals surface area contributed by atoms with Gasteiger partial charge in [0, 0.05) is 0 Å². The molecule has 0 spiro atoms. The topological polar surface area (TPSA) is 93.3 Å². The molecule has 6 nitrogen and oxygen atoms in total. The SMILES string of the molecule is Cc1nonc1C(=O)CSCC(=O)O. The van der Waals surface area contributed by atoms with Crippen molar-refractivity contribution in [1.82, 2.24) is 10.3 Å². The Labute approximate surface area is 83.6 Å². The third kappa shape index (κ3) is 2.84. The van der Waals surface area contributed by atoms with Gasteiger partial charge >= 0.3 is 5.97 Å². The number of nitrogens with zero attached hydrogens (tertiary/aromatic N) is 2. The molecule has 0 amide bonds. The number of carboxylic acid groups (broad SMARTS) is 1. The van der Waals surface area contributed by atoms with E-state index < -0.39 is 5.97 Å². The Morgan fingerprint density at radius 2 is 2.14 bits per heavy atom. The quantitative estimate of drug-likeness (QED) is 0.711. The van der Waals surface area contributed by atoms with E-state index in [2.05, 4.69) is 14.9 Å². The first-order chi connectivity index (χ1) is 6.61. The van der Waals surface area contributed by atoms with E-state index >= 15 is 0 Å². The Kier molecular flexibility index (Phi) is 3.63. The average Bonchev–Trinajstić information content (AvgIpc) is 2.50.